The first-order valence-electron chi connectivity index (χ1n) is 12.9. The highest BCUT2D eigenvalue weighted by molar-refractivity contribution is 5.50. The zero-order valence-electron chi connectivity index (χ0n) is 20.6. The number of hydrogen-bond acceptors (Lipinski definition) is 2. The Kier molecular flexibility index (Phi) is 14.0. The van der Waals surface area contributed by atoms with Crippen LogP contribution in [0.5, 0.6) is 11.5 Å². The van der Waals surface area contributed by atoms with Crippen molar-refractivity contribution in [3.05, 3.63) is 23.3 Å². The van der Waals surface area contributed by atoms with Gasteiger partial charge in [0.15, 0.2) is 0 Å². The lowest BCUT2D eigenvalue weighted by atomic mass is 9.81. The lowest BCUT2D eigenvalue weighted by Crippen LogP contribution is -2.15. The second-order valence-corrected chi connectivity index (χ2v) is 10.3. The van der Waals surface area contributed by atoms with Crippen molar-refractivity contribution in [3.63, 3.8) is 0 Å². The summed E-state index contributed by atoms with van der Waals surface area (Å²) in [5, 5.41) is 20.6. The van der Waals surface area contributed by atoms with Crippen LogP contribution >= 0.6 is 0 Å². The molecule has 0 aliphatic carbocycles. The molecule has 0 bridgehead atoms. The van der Waals surface area contributed by atoms with E-state index in [1.54, 1.807) is 12.1 Å². The molecule has 0 aliphatic rings. The molecule has 1 rings (SSSR count). The van der Waals surface area contributed by atoms with Crippen molar-refractivity contribution in [1.29, 1.82) is 0 Å². The highest BCUT2D eigenvalue weighted by Gasteiger charge is 2.23. The second-order valence-electron chi connectivity index (χ2n) is 10.3. The van der Waals surface area contributed by atoms with E-state index in [1.807, 2.05) is 0 Å². The highest BCUT2D eigenvalue weighted by Crippen LogP contribution is 2.38. The van der Waals surface area contributed by atoms with Crippen molar-refractivity contribution in [2.45, 2.75) is 142 Å². The standard InChI is InChI=1S/C28H50O2/c1-5-6-7-8-9-10-11-12-13-14-15-16-17-18-19-20-21-24-25(29)22-23-26(30)27(24)28(2,3)4/h22-23,29-30H,5-21H2,1-4H3. The van der Waals surface area contributed by atoms with Gasteiger partial charge in [-0.25, -0.2) is 0 Å². The molecule has 2 N–H and O–H groups in total. The van der Waals surface area contributed by atoms with Crippen molar-refractivity contribution in [1.82, 2.24) is 0 Å². The normalized spacial score (nSPS) is 11.9. The first kappa shape index (κ1) is 26.9. The smallest absolute Gasteiger partial charge is 0.119 e. The molecule has 0 aromatic heterocycles. The quantitative estimate of drug-likeness (QED) is 0.195. The van der Waals surface area contributed by atoms with E-state index in [4.69, 9.17) is 0 Å². The van der Waals surface area contributed by atoms with Crippen molar-refractivity contribution < 1.29 is 10.2 Å². The average molecular weight is 419 g/mol. The van der Waals surface area contributed by atoms with E-state index >= 15 is 0 Å². The summed E-state index contributed by atoms with van der Waals surface area (Å²) in [7, 11) is 0. The van der Waals surface area contributed by atoms with Gasteiger partial charge in [-0.05, 0) is 30.4 Å². The summed E-state index contributed by atoms with van der Waals surface area (Å²) in [5.41, 5.74) is 1.68. The molecule has 0 saturated heterocycles. The van der Waals surface area contributed by atoms with Crippen molar-refractivity contribution in [2.75, 3.05) is 0 Å². The van der Waals surface area contributed by atoms with Gasteiger partial charge in [0.25, 0.3) is 0 Å². The van der Waals surface area contributed by atoms with Crippen LogP contribution in [0.25, 0.3) is 0 Å². The molecule has 0 aliphatic heterocycles. The molecule has 0 radical (unpaired) electrons. The maximum Gasteiger partial charge on any atom is 0.119 e. The van der Waals surface area contributed by atoms with Crippen LogP contribution < -0.4 is 0 Å². The van der Waals surface area contributed by atoms with Gasteiger partial charge in [-0.3, -0.25) is 0 Å². The van der Waals surface area contributed by atoms with Crippen LogP contribution in [0.1, 0.15) is 142 Å². The molecule has 1 aromatic rings. The first-order chi connectivity index (χ1) is 14.4. The van der Waals surface area contributed by atoms with E-state index in [0.717, 1.165) is 24.0 Å². The molecule has 0 fully saturated rings. The van der Waals surface area contributed by atoms with Gasteiger partial charge in [-0.2, -0.15) is 0 Å². The minimum atomic E-state index is -0.160. The minimum absolute atomic E-state index is 0.160. The molecular formula is C28H50O2. The van der Waals surface area contributed by atoms with Gasteiger partial charge in [-0.1, -0.05) is 124 Å². The maximum atomic E-state index is 10.3. The third kappa shape index (κ3) is 11.3. The molecule has 2 nitrogen and oxygen atoms in total. The van der Waals surface area contributed by atoms with Crippen LogP contribution in [0.2, 0.25) is 0 Å². The SMILES string of the molecule is CCCCCCCCCCCCCCCCCCc1c(O)ccc(O)c1C(C)(C)C. The summed E-state index contributed by atoms with van der Waals surface area (Å²) in [4.78, 5) is 0. The van der Waals surface area contributed by atoms with E-state index in [9.17, 15) is 10.2 Å². The van der Waals surface area contributed by atoms with Gasteiger partial charge in [-0.15, -0.1) is 0 Å². The Balaban J connectivity index is 2.04. The second kappa shape index (κ2) is 15.6. The summed E-state index contributed by atoms with van der Waals surface area (Å²) in [6.07, 6.45) is 22.7. The summed E-state index contributed by atoms with van der Waals surface area (Å²) in [6, 6.07) is 3.25. The highest BCUT2D eigenvalue weighted by atomic mass is 16.3. The molecule has 0 heterocycles. The number of benzene rings is 1. The summed E-state index contributed by atoms with van der Waals surface area (Å²) in [6.45, 7) is 8.57. The van der Waals surface area contributed by atoms with Crippen molar-refractivity contribution >= 4 is 0 Å². The predicted molar refractivity (Wildman–Crippen MR) is 132 cm³/mol. The van der Waals surface area contributed by atoms with Crippen LogP contribution in [0.4, 0.5) is 0 Å². The lowest BCUT2D eigenvalue weighted by Gasteiger charge is -2.25. The molecule has 0 amide bonds. The van der Waals surface area contributed by atoms with Gasteiger partial charge in [0.2, 0.25) is 0 Å². The Bertz CT molecular complexity index is 556. The van der Waals surface area contributed by atoms with Gasteiger partial charge in [0, 0.05) is 11.1 Å². The van der Waals surface area contributed by atoms with Gasteiger partial charge >= 0.3 is 0 Å². The summed E-state index contributed by atoms with van der Waals surface area (Å²) in [5.74, 6) is 0.644. The Hall–Kier alpha value is -1.18. The molecule has 174 valence electrons. The summed E-state index contributed by atoms with van der Waals surface area (Å²) >= 11 is 0. The Labute approximate surface area is 187 Å². The maximum absolute atomic E-state index is 10.3. The number of unbranched alkanes of at least 4 members (excludes halogenated alkanes) is 15. The molecule has 0 unspecified atom stereocenters. The number of aromatic hydroxyl groups is 2. The van der Waals surface area contributed by atoms with Gasteiger partial charge in [0.1, 0.15) is 11.5 Å². The topological polar surface area (TPSA) is 40.5 Å². The molecule has 0 spiro atoms. The number of hydrogen-bond donors (Lipinski definition) is 2. The van der Waals surface area contributed by atoms with Crippen LogP contribution in [0.15, 0.2) is 12.1 Å². The molecular weight excluding hydrogens is 368 g/mol. The minimum Gasteiger partial charge on any atom is -0.508 e. The summed E-state index contributed by atoms with van der Waals surface area (Å²) < 4.78 is 0. The lowest BCUT2D eigenvalue weighted by molar-refractivity contribution is 0.426. The van der Waals surface area contributed by atoms with Crippen molar-refractivity contribution in [3.8, 4) is 11.5 Å². The average Bonchev–Trinajstić information content (AvgIpc) is 2.69. The fourth-order valence-electron chi connectivity index (χ4n) is 4.56. The van der Waals surface area contributed by atoms with Crippen LogP contribution in [-0.2, 0) is 11.8 Å². The zero-order valence-corrected chi connectivity index (χ0v) is 20.6. The van der Waals surface area contributed by atoms with E-state index in [-0.39, 0.29) is 5.41 Å². The Morgan fingerprint density at radius 1 is 0.567 bits per heavy atom. The van der Waals surface area contributed by atoms with E-state index in [0.29, 0.717) is 11.5 Å². The van der Waals surface area contributed by atoms with E-state index in [1.165, 1.54) is 96.3 Å². The van der Waals surface area contributed by atoms with Crippen molar-refractivity contribution in [2.24, 2.45) is 0 Å². The van der Waals surface area contributed by atoms with Gasteiger partial charge < -0.3 is 10.2 Å². The monoisotopic (exact) mass is 418 g/mol. The Morgan fingerprint density at radius 2 is 0.933 bits per heavy atom. The number of rotatable bonds is 17. The number of phenols is 2. The Morgan fingerprint density at radius 3 is 1.33 bits per heavy atom. The fourth-order valence-corrected chi connectivity index (χ4v) is 4.56. The molecule has 2 heteroatoms. The predicted octanol–water partition coefficient (Wildman–Crippen LogP) is 9.20. The third-order valence-corrected chi connectivity index (χ3v) is 6.30. The van der Waals surface area contributed by atoms with Crippen LogP contribution in [0.3, 0.4) is 0 Å². The van der Waals surface area contributed by atoms with E-state index in [2.05, 4.69) is 27.7 Å². The zero-order chi connectivity index (χ0) is 22.2. The fraction of sp³-hybridized carbons (Fsp3) is 0.786. The largest absolute Gasteiger partial charge is 0.508 e. The molecule has 30 heavy (non-hydrogen) atoms. The molecule has 0 atom stereocenters. The number of phenolic OH excluding ortho intramolecular Hbond substituents is 2. The third-order valence-electron chi connectivity index (χ3n) is 6.30. The van der Waals surface area contributed by atoms with E-state index < -0.39 is 0 Å². The van der Waals surface area contributed by atoms with Crippen LogP contribution in [-0.4, -0.2) is 10.2 Å². The van der Waals surface area contributed by atoms with Gasteiger partial charge in [0.05, 0.1) is 0 Å². The van der Waals surface area contributed by atoms with Crippen LogP contribution in [0, 0.1) is 0 Å². The first-order valence-corrected chi connectivity index (χ1v) is 12.9. The molecule has 0 saturated carbocycles. The molecule has 1 aromatic carbocycles.